The number of halogens is 1. The summed E-state index contributed by atoms with van der Waals surface area (Å²) in [6.45, 7) is 0.410. The molecule has 1 rings (SSSR count). The van der Waals surface area contributed by atoms with Crippen LogP contribution in [0.4, 0.5) is 4.39 Å². The number of carbonyl (C=O) groups is 1. The molecule has 1 aromatic carbocycles. The van der Waals surface area contributed by atoms with Crippen molar-refractivity contribution in [2.45, 2.75) is 6.42 Å². The monoisotopic (exact) mass is 222 g/mol. The van der Waals surface area contributed by atoms with Gasteiger partial charge in [0.25, 0.3) is 0 Å². The maximum Gasteiger partial charge on any atom is 0.234 e. The van der Waals surface area contributed by atoms with Crippen LogP contribution in [0.15, 0.2) is 24.3 Å². The second-order valence-corrected chi connectivity index (χ2v) is 2.96. The molecule has 0 bridgehead atoms. The first-order chi connectivity index (χ1) is 7.74. The van der Waals surface area contributed by atoms with Gasteiger partial charge in [0.1, 0.15) is 13.0 Å². The summed E-state index contributed by atoms with van der Waals surface area (Å²) in [7, 11) is 0. The van der Waals surface area contributed by atoms with Crippen molar-refractivity contribution in [3.63, 3.8) is 0 Å². The standard InChI is InChI=1S/C11H11FN2O2/c12-9-3-1-2-4-10(9)16-8-7-14-11(15)5-6-13/h1-4H,5,7-8H2,(H,14,15). The van der Waals surface area contributed by atoms with Crippen LogP contribution in [-0.4, -0.2) is 19.1 Å². The summed E-state index contributed by atoms with van der Waals surface area (Å²) < 4.78 is 18.1. The number of rotatable bonds is 5. The Morgan fingerprint density at radius 1 is 1.50 bits per heavy atom. The summed E-state index contributed by atoms with van der Waals surface area (Å²) in [6.07, 6.45) is -0.181. The largest absolute Gasteiger partial charge is 0.489 e. The maximum absolute atomic E-state index is 13.0. The van der Waals surface area contributed by atoms with Crippen molar-refractivity contribution in [3.8, 4) is 11.8 Å². The molecule has 0 saturated heterocycles. The number of nitrogens with zero attached hydrogens (tertiary/aromatic N) is 1. The van der Waals surface area contributed by atoms with Crippen molar-refractivity contribution < 1.29 is 13.9 Å². The summed E-state index contributed by atoms with van der Waals surface area (Å²) in [4.78, 5) is 10.9. The zero-order valence-electron chi connectivity index (χ0n) is 8.57. The summed E-state index contributed by atoms with van der Waals surface area (Å²) in [6, 6.07) is 7.75. The number of hydrogen-bond donors (Lipinski definition) is 1. The second-order valence-electron chi connectivity index (χ2n) is 2.96. The molecule has 5 heteroatoms. The number of para-hydroxylation sites is 1. The van der Waals surface area contributed by atoms with Gasteiger partial charge in [0.15, 0.2) is 11.6 Å². The van der Waals surface area contributed by atoms with Crippen LogP contribution in [0.1, 0.15) is 6.42 Å². The molecule has 1 amide bonds. The van der Waals surface area contributed by atoms with E-state index in [1.165, 1.54) is 12.1 Å². The molecule has 0 aromatic heterocycles. The van der Waals surface area contributed by atoms with Crippen LogP contribution in [0.5, 0.6) is 5.75 Å². The van der Waals surface area contributed by atoms with E-state index >= 15 is 0 Å². The van der Waals surface area contributed by atoms with Gasteiger partial charge in [0.05, 0.1) is 12.6 Å². The highest BCUT2D eigenvalue weighted by atomic mass is 19.1. The quantitative estimate of drug-likeness (QED) is 0.762. The number of nitrogens with one attached hydrogen (secondary N) is 1. The molecule has 1 aromatic rings. The van der Waals surface area contributed by atoms with Crippen LogP contribution in [0.25, 0.3) is 0 Å². The SMILES string of the molecule is N#CCC(=O)NCCOc1ccccc1F. The first-order valence-corrected chi connectivity index (χ1v) is 4.75. The van der Waals surface area contributed by atoms with Gasteiger partial charge in [-0.25, -0.2) is 4.39 Å². The lowest BCUT2D eigenvalue weighted by Crippen LogP contribution is -2.27. The van der Waals surface area contributed by atoms with Crippen LogP contribution in [-0.2, 0) is 4.79 Å². The Morgan fingerprint density at radius 2 is 2.25 bits per heavy atom. The van der Waals surface area contributed by atoms with Crippen molar-refractivity contribution in [1.82, 2.24) is 5.32 Å². The molecule has 0 aliphatic heterocycles. The molecule has 4 nitrogen and oxygen atoms in total. The molecule has 1 N–H and O–H groups in total. The summed E-state index contributed by atoms with van der Waals surface area (Å²) in [5.41, 5.74) is 0. The fraction of sp³-hybridized carbons (Fsp3) is 0.273. The number of nitriles is 1. The van der Waals surface area contributed by atoms with Crippen molar-refractivity contribution >= 4 is 5.91 Å². The molecule has 0 saturated carbocycles. The molecular formula is C11H11FN2O2. The summed E-state index contributed by atoms with van der Waals surface area (Å²) in [5.74, 6) is -0.650. The maximum atomic E-state index is 13.0. The molecule has 16 heavy (non-hydrogen) atoms. The van der Waals surface area contributed by atoms with E-state index < -0.39 is 5.82 Å². The number of ether oxygens (including phenoxy) is 1. The molecular weight excluding hydrogens is 211 g/mol. The average Bonchev–Trinajstić information content (AvgIpc) is 2.27. The van der Waals surface area contributed by atoms with Crippen LogP contribution in [0.3, 0.4) is 0 Å². The van der Waals surface area contributed by atoms with E-state index in [0.717, 1.165) is 0 Å². The predicted octanol–water partition coefficient (Wildman–Crippen LogP) is 1.23. The molecule has 0 fully saturated rings. The van der Waals surface area contributed by atoms with Gasteiger partial charge in [0.2, 0.25) is 5.91 Å². The Kier molecular flexibility index (Phi) is 4.80. The lowest BCUT2D eigenvalue weighted by Gasteiger charge is -2.07. The van der Waals surface area contributed by atoms with Crippen molar-refractivity contribution in [3.05, 3.63) is 30.1 Å². The first kappa shape index (κ1) is 12.0. The molecule has 0 aliphatic rings. The Balaban J connectivity index is 2.24. The van der Waals surface area contributed by atoms with Crippen molar-refractivity contribution in [1.29, 1.82) is 5.26 Å². The topological polar surface area (TPSA) is 62.1 Å². The fourth-order valence-corrected chi connectivity index (χ4v) is 1.05. The number of hydrogen-bond acceptors (Lipinski definition) is 3. The van der Waals surface area contributed by atoms with Crippen molar-refractivity contribution in [2.75, 3.05) is 13.2 Å². The van der Waals surface area contributed by atoms with Gasteiger partial charge < -0.3 is 10.1 Å². The van der Waals surface area contributed by atoms with E-state index in [0.29, 0.717) is 0 Å². The van der Waals surface area contributed by atoms with E-state index in [2.05, 4.69) is 5.32 Å². The number of benzene rings is 1. The average molecular weight is 222 g/mol. The van der Waals surface area contributed by atoms with E-state index in [4.69, 9.17) is 10.00 Å². The van der Waals surface area contributed by atoms with Gasteiger partial charge in [-0.05, 0) is 12.1 Å². The molecule has 0 atom stereocenters. The molecule has 0 unspecified atom stereocenters. The van der Waals surface area contributed by atoms with Gasteiger partial charge in [-0.2, -0.15) is 5.26 Å². The third-order valence-electron chi connectivity index (χ3n) is 1.76. The molecule has 0 heterocycles. The molecule has 0 aliphatic carbocycles. The smallest absolute Gasteiger partial charge is 0.234 e. The Bertz CT molecular complexity index is 401. The van der Waals surface area contributed by atoms with Gasteiger partial charge in [-0.1, -0.05) is 12.1 Å². The molecule has 0 spiro atoms. The van der Waals surface area contributed by atoms with Gasteiger partial charge >= 0.3 is 0 Å². The Hall–Kier alpha value is -2.09. The zero-order valence-corrected chi connectivity index (χ0v) is 8.57. The Morgan fingerprint density at radius 3 is 2.94 bits per heavy atom. The van der Waals surface area contributed by atoms with E-state index in [9.17, 15) is 9.18 Å². The van der Waals surface area contributed by atoms with Crippen LogP contribution in [0, 0.1) is 17.1 Å². The summed E-state index contributed by atoms with van der Waals surface area (Å²) in [5, 5.41) is 10.7. The second kappa shape index (κ2) is 6.40. The van der Waals surface area contributed by atoms with Gasteiger partial charge in [-0.3, -0.25) is 4.79 Å². The first-order valence-electron chi connectivity index (χ1n) is 4.75. The fourth-order valence-electron chi connectivity index (χ4n) is 1.05. The minimum atomic E-state index is -0.439. The predicted molar refractivity (Wildman–Crippen MR) is 55.1 cm³/mol. The lowest BCUT2D eigenvalue weighted by atomic mass is 10.3. The third kappa shape index (κ3) is 3.96. The van der Waals surface area contributed by atoms with Gasteiger partial charge in [-0.15, -0.1) is 0 Å². The van der Waals surface area contributed by atoms with Crippen molar-refractivity contribution in [2.24, 2.45) is 0 Å². The molecule has 84 valence electrons. The van der Waals surface area contributed by atoms with E-state index in [-0.39, 0.29) is 31.2 Å². The van der Waals surface area contributed by atoms with Crippen LogP contribution < -0.4 is 10.1 Å². The zero-order chi connectivity index (χ0) is 11.8. The van der Waals surface area contributed by atoms with Gasteiger partial charge in [0, 0.05) is 0 Å². The number of amides is 1. The minimum absolute atomic E-state index is 0.150. The minimum Gasteiger partial charge on any atom is -0.489 e. The normalized spacial score (nSPS) is 9.25. The van der Waals surface area contributed by atoms with E-state index in [1.807, 2.05) is 0 Å². The number of carbonyl (C=O) groups excluding carboxylic acids is 1. The highest BCUT2D eigenvalue weighted by Crippen LogP contribution is 2.14. The Labute approximate surface area is 92.6 Å². The molecule has 0 radical (unpaired) electrons. The van der Waals surface area contributed by atoms with Crippen LogP contribution in [0.2, 0.25) is 0 Å². The summed E-state index contributed by atoms with van der Waals surface area (Å²) >= 11 is 0. The highest BCUT2D eigenvalue weighted by Gasteiger charge is 2.02. The highest BCUT2D eigenvalue weighted by molar-refractivity contribution is 5.77. The lowest BCUT2D eigenvalue weighted by molar-refractivity contribution is -0.120. The third-order valence-corrected chi connectivity index (χ3v) is 1.76. The van der Waals surface area contributed by atoms with Crippen LogP contribution >= 0.6 is 0 Å². The van der Waals surface area contributed by atoms with E-state index in [1.54, 1.807) is 18.2 Å².